The van der Waals surface area contributed by atoms with Gasteiger partial charge in [-0.3, -0.25) is 9.59 Å². The Balaban J connectivity index is 1.64. The van der Waals surface area contributed by atoms with E-state index in [1.165, 1.54) is 12.3 Å². The van der Waals surface area contributed by atoms with Gasteiger partial charge in [0.1, 0.15) is 5.58 Å². The standard InChI is InChI=1S/C22H15Cl2NO5/c1-12-4-7-17-14(9-12)20(27)22(21(30-17)18-3-2-8-28-18)29-11-19(26)25-13-5-6-15(23)16(24)10-13/h2-10H,11H2,1H3,(H,25,26). The smallest absolute Gasteiger partial charge is 0.262 e. The minimum atomic E-state index is -0.484. The van der Waals surface area contributed by atoms with E-state index >= 15 is 0 Å². The van der Waals surface area contributed by atoms with E-state index in [1.807, 2.05) is 13.0 Å². The van der Waals surface area contributed by atoms with Crippen LogP contribution in [0.2, 0.25) is 10.0 Å². The van der Waals surface area contributed by atoms with Gasteiger partial charge in [-0.15, -0.1) is 0 Å². The third-order valence-corrected chi connectivity index (χ3v) is 5.04. The average molecular weight is 444 g/mol. The lowest BCUT2D eigenvalue weighted by atomic mass is 10.1. The van der Waals surface area contributed by atoms with Gasteiger partial charge in [-0.2, -0.15) is 0 Å². The topological polar surface area (TPSA) is 81.7 Å². The first kappa shape index (κ1) is 20.1. The van der Waals surface area contributed by atoms with Crippen LogP contribution in [0.4, 0.5) is 5.69 Å². The molecule has 0 saturated heterocycles. The highest BCUT2D eigenvalue weighted by molar-refractivity contribution is 6.42. The lowest BCUT2D eigenvalue weighted by Gasteiger charge is -2.11. The fourth-order valence-corrected chi connectivity index (χ4v) is 3.20. The number of hydrogen-bond acceptors (Lipinski definition) is 5. The summed E-state index contributed by atoms with van der Waals surface area (Å²) in [6.45, 7) is 1.45. The van der Waals surface area contributed by atoms with Crippen LogP contribution in [0, 0.1) is 6.92 Å². The predicted octanol–water partition coefficient (Wildman–Crippen LogP) is 5.69. The van der Waals surface area contributed by atoms with Crippen molar-refractivity contribution in [2.24, 2.45) is 0 Å². The van der Waals surface area contributed by atoms with Crippen LogP contribution in [0.3, 0.4) is 0 Å². The number of carbonyl (C=O) groups is 1. The summed E-state index contributed by atoms with van der Waals surface area (Å²) < 4.78 is 16.8. The summed E-state index contributed by atoms with van der Waals surface area (Å²) in [5.41, 5.74) is 1.34. The minimum Gasteiger partial charge on any atom is -0.476 e. The van der Waals surface area contributed by atoms with E-state index in [-0.39, 0.29) is 11.5 Å². The van der Waals surface area contributed by atoms with Gasteiger partial charge in [0.05, 0.1) is 21.7 Å². The Labute approximate surface area is 181 Å². The number of nitrogens with one attached hydrogen (secondary N) is 1. The lowest BCUT2D eigenvalue weighted by molar-refractivity contribution is -0.118. The number of halogens is 2. The maximum Gasteiger partial charge on any atom is 0.262 e. The number of rotatable bonds is 5. The maximum absolute atomic E-state index is 13.1. The van der Waals surface area contributed by atoms with E-state index in [9.17, 15) is 9.59 Å². The zero-order valence-corrected chi connectivity index (χ0v) is 17.2. The summed E-state index contributed by atoms with van der Waals surface area (Å²) in [5, 5.41) is 3.67. The molecular formula is C22H15Cl2NO5. The van der Waals surface area contributed by atoms with Crippen LogP contribution >= 0.6 is 23.2 Å². The van der Waals surface area contributed by atoms with Crippen LogP contribution in [0.5, 0.6) is 5.75 Å². The molecule has 6 nitrogen and oxygen atoms in total. The molecule has 0 spiro atoms. The van der Waals surface area contributed by atoms with Crippen LogP contribution in [0.15, 0.2) is 68.4 Å². The van der Waals surface area contributed by atoms with Crippen molar-refractivity contribution >= 4 is 45.8 Å². The molecule has 0 aliphatic rings. The molecule has 0 aliphatic heterocycles. The van der Waals surface area contributed by atoms with Gasteiger partial charge in [0, 0.05) is 5.69 Å². The summed E-state index contributed by atoms with van der Waals surface area (Å²) in [4.78, 5) is 25.4. The molecule has 30 heavy (non-hydrogen) atoms. The van der Waals surface area contributed by atoms with Crippen LogP contribution in [0.1, 0.15) is 5.56 Å². The molecule has 0 bridgehead atoms. The van der Waals surface area contributed by atoms with Gasteiger partial charge in [0.2, 0.25) is 16.9 Å². The normalized spacial score (nSPS) is 10.9. The molecule has 1 N–H and O–H groups in total. The molecule has 0 radical (unpaired) electrons. The van der Waals surface area contributed by atoms with Gasteiger partial charge in [0.15, 0.2) is 12.4 Å². The summed E-state index contributed by atoms with van der Waals surface area (Å²) >= 11 is 11.8. The van der Waals surface area contributed by atoms with E-state index in [0.717, 1.165) is 5.56 Å². The van der Waals surface area contributed by atoms with E-state index in [2.05, 4.69) is 5.32 Å². The van der Waals surface area contributed by atoms with Crippen LogP contribution in [0.25, 0.3) is 22.5 Å². The zero-order chi connectivity index (χ0) is 21.3. The molecule has 2 aromatic heterocycles. The van der Waals surface area contributed by atoms with Crippen molar-refractivity contribution in [3.63, 3.8) is 0 Å². The van der Waals surface area contributed by atoms with Crippen molar-refractivity contribution in [2.45, 2.75) is 6.92 Å². The quantitative estimate of drug-likeness (QED) is 0.428. The van der Waals surface area contributed by atoms with Gasteiger partial charge in [-0.1, -0.05) is 34.8 Å². The largest absolute Gasteiger partial charge is 0.476 e. The highest BCUT2D eigenvalue weighted by Gasteiger charge is 2.20. The molecule has 4 aromatic rings. The second kappa shape index (κ2) is 8.26. The number of furan rings is 1. The van der Waals surface area contributed by atoms with Crippen LogP contribution in [-0.2, 0) is 4.79 Å². The van der Waals surface area contributed by atoms with E-state index in [4.69, 9.17) is 36.8 Å². The molecule has 1 amide bonds. The second-order valence-electron chi connectivity index (χ2n) is 6.53. The summed E-state index contributed by atoms with van der Waals surface area (Å²) in [7, 11) is 0. The molecule has 8 heteroatoms. The zero-order valence-electron chi connectivity index (χ0n) is 15.7. The third-order valence-electron chi connectivity index (χ3n) is 4.30. The molecule has 0 saturated carbocycles. The predicted molar refractivity (Wildman–Crippen MR) is 116 cm³/mol. The molecule has 2 aromatic carbocycles. The van der Waals surface area contributed by atoms with Crippen molar-refractivity contribution in [1.29, 1.82) is 0 Å². The van der Waals surface area contributed by atoms with E-state index in [0.29, 0.717) is 32.5 Å². The minimum absolute atomic E-state index is 0.104. The van der Waals surface area contributed by atoms with Gasteiger partial charge >= 0.3 is 0 Å². The van der Waals surface area contributed by atoms with Gasteiger partial charge < -0.3 is 18.9 Å². The molecule has 152 valence electrons. The molecule has 4 rings (SSSR count). The SMILES string of the molecule is Cc1ccc2oc(-c3ccco3)c(OCC(=O)Nc3ccc(Cl)c(Cl)c3)c(=O)c2c1. The molecule has 0 fully saturated rings. The van der Waals surface area contributed by atoms with Crippen molar-refractivity contribution in [3.8, 4) is 17.3 Å². The number of benzene rings is 2. The lowest BCUT2D eigenvalue weighted by Crippen LogP contribution is -2.22. The first-order valence-electron chi connectivity index (χ1n) is 8.91. The fourth-order valence-electron chi connectivity index (χ4n) is 2.90. The third kappa shape index (κ3) is 4.06. The first-order valence-corrected chi connectivity index (χ1v) is 9.67. The maximum atomic E-state index is 13.1. The molecule has 0 atom stereocenters. The number of anilines is 1. The monoisotopic (exact) mass is 443 g/mol. The highest BCUT2D eigenvalue weighted by atomic mass is 35.5. The van der Waals surface area contributed by atoms with Crippen molar-refractivity contribution in [2.75, 3.05) is 11.9 Å². The second-order valence-corrected chi connectivity index (χ2v) is 7.35. The summed E-state index contributed by atoms with van der Waals surface area (Å²) in [5.74, 6) is -0.159. The van der Waals surface area contributed by atoms with E-state index in [1.54, 1.807) is 36.4 Å². The fraction of sp³-hybridized carbons (Fsp3) is 0.0909. The van der Waals surface area contributed by atoms with Crippen LogP contribution in [-0.4, -0.2) is 12.5 Å². The molecular weight excluding hydrogens is 429 g/mol. The number of carbonyl (C=O) groups excluding carboxylic acids is 1. The Bertz CT molecular complexity index is 1300. The van der Waals surface area contributed by atoms with Crippen LogP contribution < -0.4 is 15.5 Å². The first-order chi connectivity index (χ1) is 14.4. The summed E-state index contributed by atoms with van der Waals surface area (Å²) in [6, 6.07) is 13.2. The van der Waals surface area contributed by atoms with E-state index < -0.39 is 17.9 Å². The van der Waals surface area contributed by atoms with Gasteiger partial charge in [0.25, 0.3) is 5.91 Å². The molecule has 0 unspecified atom stereocenters. The van der Waals surface area contributed by atoms with Crippen molar-refractivity contribution in [3.05, 3.63) is 80.6 Å². The number of amides is 1. The average Bonchev–Trinajstić information content (AvgIpc) is 3.25. The Morgan fingerprint density at radius 1 is 1.10 bits per heavy atom. The Hall–Kier alpha value is -3.22. The van der Waals surface area contributed by atoms with Crippen molar-refractivity contribution in [1.82, 2.24) is 0 Å². The number of fused-ring (bicyclic) bond motifs is 1. The molecule has 0 aliphatic carbocycles. The Morgan fingerprint density at radius 3 is 2.67 bits per heavy atom. The van der Waals surface area contributed by atoms with Crippen molar-refractivity contribution < 1.29 is 18.4 Å². The Kier molecular flexibility index (Phi) is 5.53. The number of aryl methyl sites for hydroxylation is 1. The van der Waals surface area contributed by atoms with Gasteiger partial charge in [-0.25, -0.2) is 0 Å². The summed E-state index contributed by atoms with van der Waals surface area (Å²) in [6.07, 6.45) is 1.45. The number of ether oxygens (including phenoxy) is 1. The number of hydrogen-bond donors (Lipinski definition) is 1. The van der Waals surface area contributed by atoms with Gasteiger partial charge in [-0.05, 0) is 49.4 Å². The Morgan fingerprint density at radius 2 is 1.93 bits per heavy atom. The highest BCUT2D eigenvalue weighted by Crippen LogP contribution is 2.31. The molecule has 2 heterocycles.